The van der Waals surface area contributed by atoms with Gasteiger partial charge in [0.25, 0.3) is 17.7 Å². The fourth-order valence-corrected chi connectivity index (χ4v) is 3.73. The summed E-state index contributed by atoms with van der Waals surface area (Å²) in [6.45, 7) is 0.150. The van der Waals surface area contributed by atoms with Gasteiger partial charge < -0.3 is 9.64 Å². The lowest BCUT2D eigenvalue weighted by Crippen LogP contribution is -2.33. The second kappa shape index (κ2) is 9.48. The zero-order valence-electron chi connectivity index (χ0n) is 18.1. The van der Waals surface area contributed by atoms with Gasteiger partial charge in [0, 0.05) is 13.6 Å². The second-order valence-corrected chi connectivity index (χ2v) is 7.64. The molecule has 3 amide bonds. The number of carbonyl (C=O) groups is 4. The maximum atomic E-state index is 13.0. The molecule has 0 fully saturated rings. The summed E-state index contributed by atoms with van der Waals surface area (Å²) in [6, 6.07) is 22.5. The monoisotopic (exact) mass is 442 g/mol. The maximum absolute atomic E-state index is 13.0. The highest BCUT2D eigenvalue weighted by Crippen LogP contribution is 2.22. The summed E-state index contributed by atoms with van der Waals surface area (Å²) in [4.78, 5) is 53.2. The van der Waals surface area contributed by atoms with Crippen molar-refractivity contribution in [3.05, 3.63) is 107 Å². The molecule has 7 nitrogen and oxygen atoms in total. The van der Waals surface area contributed by atoms with Crippen molar-refractivity contribution in [3.63, 3.8) is 0 Å². The number of esters is 1. The number of imide groups is 1. The van der Waals surface area contributed by atoms with Crippen molar-refractivity contribution in [1.82, 2.24) is 9.80 Å². The van der Waals surface area contributed by atoms with Crippen molar-refractivity contribution in [3.8, 4) is 0 Å². The minimum Gasteiger partial charge on any atom is -0.460 e. The van der Waals surface area contributed by atoms with E-state index in [-0.39, 0.29) is 30.2 Å². The van der Waals surface area contributed by atoms with Gasteiger partial charge in [-0.05, 0) is 29.8 Å². The Hall–Kier alpha value is -4.26. The molecule has 0 radical (unpaired) electrons. The fraction of sp³-hybridized carbons (Fsp3) is 0.154. The minimum absolute atomic E-state index is 0.0674. The van der Waals surface area contributed by atoms with Crippen molar-refractivity contribution in [1.29, 1.82) is 0 Å². The van der Waals surface area contributed by atoms with Crippen LogP contribution in [0.25, 0.3) is 0 Å². The van der Waals surface area contributed by atoms with Crippen LogP contribution in [0.3, 0.4) is 0 Å². The highest BCUT2D eigenvalue weighted by molar-refractivity contribution is 6.21. The largest absolute Gasteiger partial charge is 0.460 e. The number of hydrogen-bond acceptors (Lipinski definition) is 5. The van der Waals surface area contributed by atoms with Gasteiger partial charge in [0.15, 0.2) is 0 Å². The number of carbonyl (C=O) groups excluding carboxylic acids is 4. The lowest BCUT2D eigenvalue weighted by Gasteiger charge is -2.19. The highest BCUT2D eigenvalue weighted by atomic mass is 16.5. The molecule has 0 atom stereocenters. The third-order valence-electron chi connectivity index (χ3n) is 5.41. The van der Waals surface area contributed by atoms with Gasteiger partial charge in [-0.15, -0.1) is 0 Å². The first-order valence-corrected chi connectivity index (χ1v) is 10.5. The van der Waals surface area contributed by atoms with Crippen LogP contribution in [0.15, 0.2) is 78.9 Å². The summed E-state index contributed by atoms with van der Waals surface area (Å²) in [5.74, 6) is -1.83. The lowest BCUT2D eigenvalue weighted by atomic mass is 10.1. The molecular weight excluding hydrogens is 420 g/mol. The maximum Gasteiger partial charge on any atom is 0.339 e. The molecule has 1 heterocycles. The van der Waals surface area contributed by atoms with E-state index in [2.05, 4.69) is 0 Å². The molecule has 1 aliphatic heterocycles. The number of nitrogens with zero attached hydrogens (tertiary/aromatic N) is 2. The van der Waals surface area contributed by atoms with Crippen molar-refractivity contribution in [2.45, 2.75) is 6.54 Å². The molecule has 0 aromatic heterocycles. The number of ether oxygens (including phenoxy) is 1. The standard InChI is InChI=1S/C26H22N2O5/c1-27(17-18-9-3-2-4-10-18)23(29)21-13-7-8-14-22(21)26(32)33-16-15-28-24(30)19-11-5-6-12-20(19)25(28)31/h2-14H,15-17H2,1H3. The smallest absolute Gasteiger partial charge is 0.339 e. The number of fused-ring (bicyclic) bond motifs is 1. The molecule has 166 valence electrons. The van der Waals surface area contributed by atoms with Crippen LogP contribution < -0.4 is 0 Å². The molecule has 0 N–H and O–H groups in total. The Bertz CT molecular complexity index is 1190. The van der Waals surface area contributed by atoms with Crippen LogP contribution in [0.5, 0.6) is 0 Å². The first-order chi connectivity index (χ1) is 16.0. The van der Waals surface area contributed by atoms with Crippen LogP contribution in [0.4, 0.5) is 0 Å². The fourth-order valence-electron chi connectivity index (χ4n) is 3.73. The molecule has 7 heteroatoms. The van der Waals surface area contributed by atoms with Gasteiger partial charge in [-0.2, -0.15) is 0 Å². The van der Waals surface area contributed by atoms with E-state index in [1.54, 1.807) is 49.5 Å². The second-order valence-electron chi connectivity index (χ2n) is 7.64. The Kier molecular flexibility index (Phi) is 6.31. The molecule has 0 saturated heterocycles. The van der Waals surface area contributed by atoms with E-state index >= 15 is 0 Å². The minimum atomic E-state index is -0.691. The third-order valence-corrected chi connectivity index (χ3v) is 5.41. The van der Waals surface area contributed by atoms with E-state index in [1.807, 2.05) is 30.3 Å². The van der Waals surface area contributed by atoms with Gasteiger partial charge >= 0.3 is 5.97 Å². The number of hydrogen-bond donors (Lipinski definition) is 0. The van der Waals surface area contributed by atoms with Gasteiger partial charge in [0.2, 0.25) is 0 Å². The Labute approximate surface area is 191 Å². The zero-order chi connectivity index (χ0) is 23.4. The summed E-state index contributed by atoms with van der Waals surface area (Å²) in [5.41, 5.74) is 2.00. The Morgan fingerprint density at radius 1 is 0.788 bits per heavy atom. The van der Waals surface area contributed by atoms with Crippen LogP contribution >= 0.6 is 0 Å². The van der Waals surface area contributed by atoms with E-state index in [0.717, 1.165) is 10.5 Å². The number of rotatable bonds is 7. The Morgan fingerprint density at radius 2 is 1.33 bits per heavy atom. The summed E-state index contributed by atoms with van der Waals surface area (Å²) in [6.07, 6.45) is 0. The van der Waals surface area contributed by atoms with Gasteiger partial charge in [-0.1, -0.05) is 54.6 Å². The SMILES string of the molecule is CN(Cc1ccccc1)C(=O)c1ccccc1C(=O)OCCN1C(=O)c2ccccc2C1=O. The third kappa shape index (κ3) is 4.52. The van der Waals surface area contributed by atoms with Gasteiger partial charge in [-0.3, -0.25) is 19.3 Å². The van der Waals surface area contributed by atoms with E-state index in [0.29, 0.717) is 17.7 Å². The van der Waals surface area contributed by atoms with Crippen LogP contribution in [-0.2, 0) is 11.3 Å². The van der Waals surface area contributed by atoms with Gasteiger partial charge in [-0.25, -0.2) is 4.79 Å². The Balaban J connectivity index is 1.40. The predicted molar refractivity (Wildman–Crippen MR) is 121 cm³/mol. The van der Waals surface area contributed by atoms with Crippen molar-refractivity contribution >= 4 is 23.7 Å². The van der Waals surface area contributed by atoms with E-state index in [4.69, 9.17) is 4.74 Å². The predicted octanol–water partition coefficient (Wildman–Crippen LogP) is 3.41. The zero-order valence-corrected chi connectivity index (χ0v) is 18.1. The Morgan fingerprint density at radius 3 is 1.97 bits per heavy atom. The number of amides is 3. The molecule has 3 aromatic rings. The van der Waals surface area contributed by atoms with E-state index in [9.17, 15) is 19.2 Å². The molecule has 0 bridgehead atoms. The van der Waals surface area contributed by atoms with Crippen LogP contribution in [0.1, 0.15) is 47.0 Å². The van der Waals surface area contributed by atoms with E-state index < -0.39 is 17.8 Å². The molecule has 0 unspecified atom stereocenters. The van der Waals surface area contributed by atoms with Crippen LogP contribution in [0, 0.1) is 0 Å². The summed E-state index contributed by atoms with van der Waals surface area (Å²) >= 11 is 0. The quantitative estimate of drug-likeness (QED) is 0.414. The average Bonchev–Trinajstić information content (AvgIpc) is 3.09. The molecule has 0 saturated carbocycles. The van der Waals surface area contributed by atoms with Crippen molar-refractivity contribution < 1.29 is 23.9 Å². The first kappa shape index (κ1) is 22.0. The highest BCUT2D eigenvalue weighted by Gasteiger charge is 2.35. The van der Waals surface area contributed by atoms with Gasteiger partial charge in [0.1, 0.15) is 6.61 Å². The lowest BCUT2D eigenvalue weighted by molar-refractivity contribution is 0.0418. The molecule has 0 spiro atoms. The average molecular weight is 442 g/mol. The molecule has 33 heavy (non-hydrogen) atoms. The number of benzene rings is 3. The molecular formula is C26H22N2O5. The molecule has 4 rings (SSSR count). The first-order valence-electron chi connectivity index (χ1n) is 10.5. The summed E-state index contributed by atoms with van der Waals surface area (Å²) in [7, 11) is 1.67. The topological polar surface area (TPSA) is 84.0 Å². The van der Waals surface area contributed by atoms with Crippen LogP contribution in [0.2, 0.25) is 0 Å². The summed E-state index contributed by atoms with van der Waals surface area (Å²) in [5, 5.41) is 0. The van der Waals surface area contributed by atoms with Crippen molar-refractivity contribution in [2.24, 2.45) is 0 Å². The molecule has 0 aliphatic carbocycles. The van der Waals surface area contributed by atoms with Gasteiger partial charge in [0.05, 0.1) is 28.8 Å². The van der Waals surface area contributed by atoms with E-state index in [1.165, 1.54) is 11.0 Å². The summed E-state index contributed by atoms with van der Waals surface area (Å²) < 4.78 is 5.32. The van der Waals surface area contributed by atoms with Crippen molar-refractivity contribution in [2.75, 3.05) is 20.2 Å². The van der Waals surface area contributed by atoms with Crippen LogP contribution in [-0.4, -0.2) is 53.7 Å². The normalized spacial score (nSPS) is 12.5. The molecule has 1 aliphatic rings. The molecule has 3 aromatic carbocycles.